The van der Waals surface area contributed by atoms with E-state index < -0.39 is 33.3 Å². The summed E-state index contributed by atoms with van der Waals surface area (Å²) in [4.78, 5) is 24.7. The van der Waals surface area contributed by atoms with E-state index >= 15 is 0 Å². The van der Waals surface area contributed by atoms with Crippen molar-refractivity contribution in [3.63, 3.8) is 0 Å². The van der Waals surface area contributed by atoms with Crippen LogP contribution in [0.2, 0.25) is 15.1 Å². The number of benzene rings is 3. The normalized spacial score (nSPS) is 11.0. The van der Waals surface area contributed by atoms with Gasteiger partial charge in [0.2, 0.25) is 5.78 Å². The molecule has 0 bridgehead atoms. The van der Waals surface area contributed by atoms with E-state index in [1.165, 1.54) is 56.7 Å². The Labute approximate surface area is 216 Å². The predicted molar refractivity (Wildman–Crippen MR) is 133 cm³/mol. The third-order valence-corrected chi connectivity index (χ3v) is 7.08. The predicted octanol–water partition coefficient (Wildman–Crippen LogP) is 5.50. The highest BCUT2D eigenvalue weighted by atomic mass is 35.5. The summed E-state index contributed by atoms with van der Waals surface area (Å²) in [7, 11) is -1.40. The van der Waals surface area contributed by atoms with Crippen molar-refractivity contribution in [1.82, 2.24) is 0 Å². The molecule has 0 radical (unpaired) electrons. The third-order valence-electron chi connectivity index (χ3n) is 4.67. The second-order valence-corrected chi connectivity index (χ2v) is 9.84. The Balaban J connectivity index is 1.78. The topological polar surface area (TPSA) is 108 Å². The maximum absolute atomic E-state index is 12.9. The maximum atomic E-state index is 12.9. The van der Waals surface area contributed by atoms with Crippen molar-refractivity contribution in [1.29, 1.82) is 0 Å². The highest BCUT2D eigenvalue weighted by Crippen LogP contribution is 2.30. The Bertz CT molecular complexity index is 1390. The van der Waals surface area contributed by atoms with Gasteiger partial charge in [0.25, 0.3) is 10.0 Å². The van der Waals surface area contributed by atoms with E-state index in [0.717, 1.165) is 6.07 Å². The minimum atomic E-state index is -4.26. The van der Waals surface area contributed by atoms with Crippen LogP contribution in [-0.2, 0) is 14.8 Å². The van der Waals surface area contributed by atoms with Gasteiger partial charge in [-0.1, -0.05) is 34.8 Å². The molecule has 0 aromatic heterocycles. The summed E-state index contributed by atoms with van der Waals surface area (Å²) in [6.07, 6.45) is 0. The first-order chi connectivity index (χ1) is 16.6. The Morgan fingerprint density at radius 1 is 0.886 bits per heavy atom. The average Bonchev–Trinajstić information content (AvgIpc) is 2.84. The Hall–Kier alpha value is -2.98. The van der Waals surface area contributed by atoms with E-state index in [-0.39, 0.29) is 37.6 Å². The van der Waals surface area contributed by atoms with Crippen molar-refractivity contribution in [2.75, 3.05) is 25.5 Å². The van der Waals surface area contributed by atoms with Crippen LogP contribution in [0.1, 0.15) is 20.7 Å². The number of carbonyl (C=O) groups is 2. The van der Waals surface area contributed by atoms with Gasteiger partial charge in [0.15, 0.2) is 6.61 Å². The first kappa shape index (κ1) is 26.6. The summed E-state index contributed by atoms with van der Waals surface area (Å²) in [6, 6.07) is 12.3. The lowest BCUT2D eigenvalue weighted by Gasteiger charge is -2.13. The fraction of sp³-hybridized carbons (Fsp3) is 0.130. The number of halogens is 3. The van der Waals surface area contributed by atoms with Gasteiger partial charge >= 0.3 is 5.97 Å². The minimum Gasteiger partial charge on any atom is -0.497 e. The van der Waals surface area contributed by atoms with Crippen molar-refractivity contribution < 1.29 is 32.2 Å². The van der Waals surface area contributed by atoms with E-state index in [0.29, 0.717) is 5.75 Å². The van der Waals surface area contributed by atoms with Crippen LogP contribution in [0.15, 0.2) is 59.5 Å². The molecular weight excluding hydrogens is 541 g/mol. The van der Waals surface area contributed by atoms with Gasteiger partial charge in [-0.25, -0.2) is 13.2 Å². The number of anilines is 1. The standard InChI is InChI=1S/C23H18Cl3NO7S/c1-32-15-5-6-16(21(11-15)33-2)20(28)12-34-23(29)13-3-7-18(26)22(9-13)35(30,31)27-19-10-14(24)4-8-17(19)25/h3-11,27H,12H2,1-2H3. The molecule has 1 N–H and O–H groups in total. The molecular formula is C23H18Cl3NO7S. The Kier molecular flexibility index (Phi) is 8.50. The number of ether oxygens (including phenoxy) is 3. The van der Waals surface area contributed by atoms with Crippen LogP contribution in [-0.4, -0.2) is 41.0 Å². The number of rotatable bonds is 9. The van der Waals surface area contributed by atoms with Gasteiger partial charge in [-0.3, -0.25) is 9.52 Å². The molecule has 0 saturated carbocycles. The summed E-state index contributed by atoms with van der Waals surface area (Å²) >= 11 is 18.0. The monoisotopic (exact) mass is 557 g/mol. The molecule has 0 atom stereocenters. The highest BCUT2D eigenvalue weighted by molar-refractivity contribution is 7.92. The maximum Gasteiger partial charge on any atom is 0.338 e. The van der Waals surface area contributed by atoms with Gasteiger partial charge in [0.05, 0.1) is 41.1 Å². The van der Waals surface area contributed by atoms with Crippen LogP contribution in [0.4, 0.5) is 5.69 Å². The molecule has 0 aliphatic heterocycles. The first-order valence-electron chi connectivity index (χ1n) is 9.75. The molecule has 0 spiro atoms. The molecule has 3 aromatic carbocycles. The number of hydrogen-bond donors (Lipinski definition) is 1. The summed E-state index contributed by atoms with van der Waals surface area (Å²) in [5.41, 5.74) is 0.0757. The van der Waals surface area contributed by atoms with E-state index in [1.54, 1.807) is 6.07 Å². The fourth-order valence-corrected chi connectivity index (χ4v) is 4.92. The number of hydrogen-bond acceptors (Lipinski definition) is 7. The summed E-state index contributed by atoms with van der Waals surface area (Å²) < 4.78 is 43.5. The fourth-order valence-electron chi connectivity index (χ4n) is 2.93. The largest absolute Gasteiger partial charge is 0.497 e. The number of sulfonamides is 1. The SMILES string of the molecule is COc1ccc(C(=O)COC(=O)c2ccc(Cl)c(S(=O)(=O)Nc3cc(Cl)ccc3Cl)c2)c(OC)c1. The first-order valence-corrected chi connectivity index (χ1v) is 12.4. The zero-order chi connectivity index (χ0) is 25.8. The number of Topliss-reactive ketones (excluding diaryl/α,β-unsaturated/α-hetero) is 1. The molecule has 0 aliphatic rings. The van der Waals surface area contributed by atoms with E-state index in [4.69, 9.17) is 49.0 Å². The Morgan fingerprint density at radius 3 is 2.29 bits per heavy atom. The quantitative estimate of drug-likeness (QED) is 0.273. The summed E-state index contributed by atoms with van der Waals surface area (Å²) in [5, 5.41) is 0.220. The van der Waals surface area contributed by atoms with Gasteiger partial charge in [-0.2, -0.15) is 0 Å². The number of methoxy groups -OCH3 is 2. The van der Waals surface area contributed by atoms with Gasteiger partial charge in [-0.05, 0) is 48.5 Å². The second kappa shape index (κ2) is 11.2. The third kappa shape index (κ3) is 6.37. The van der Waals surface area contributed by atoms with Crippen molar-refractivity contribution in [2.24, 2.45) is 0 Å². The molecule has 3 aromatic rings. The lowest BCUT2D eigenvalue weighted by molar-refractivity contribution is 0.0473. The van der Waals surface area contributed by atoms with Gasteiger partial charge in [0.1, 0.15) is 16.4 Å². The van der Waals surface area contributed by atoms with Crippen LogP contribution in [0.5, 0.6) is 11.5 Å². The Morgan fingerprint density at radius 2 is 1.60 bits per heavy atom. The van der Waals surface area contributed by atoms with Crippen molar-refractivity contribution >= 4 is 62.3 Å². The minimum absolute atomic E-state index is 0.0299. The number of esters is 1. The van der Waals surface area contributed by atoms with Gasteiger partial charge in [0, 0.05) is 11.1 Å². The van der Waals surface area contributed by atoms with E-state index in [1.807, 2.05) is 0 Å². The zero-order valence-corrected chi connectivity index (χ0v) is 21.4. The van der Waals surface area contributed by atoms with Gasteiger partial charge < -0.3 is 14.2 Å². The lowest BCUT2D eigenvalue weighted by atomic mass is 10.1. The van der Waals surface area contributed by atoms with Crippen molar-refractivity contribution in [2.45, 2.75) is 4.90 Å². The molecule has 3 rings (SSSR count). The molecule has 0 fully saturated rings. The number of carbonyl (C=O) groups excluding carboxylic acids is 2. The van der Waals surface area contributed by atoms with Crippen LogP contribution >= 0.6 is 34.8 Å². The van der Waals surface area contributed by atoms with Crippen LogP contribution < -0.4 is 14.2 Å². The highest BCUT2D eigenvalue weighted by Gasteiger charge is 2.23. The summed E-state index contributed by atoms with van der Waals surface area (Å²) in [6.45, 7) is -0.609. The lowest BCUT2D eigenvalue weighted by Crippen LogP contribution is -2.17. The molecule has 184 valence electrons. The van der Waals surface area contributed by atoms with Crippen LogP contribution in [0.3, 0.4) is 0 Å². The molecule has 8 nitrogen and oxygen atoms in total. The number of nitrogens with one attached hydrogen (secondary N) is 1. The van der Waals surface area contributed by atoms with E-state index in [2.05, 4.69) is 4.72 Å². The zero-order valence-electron chi connectivity index (χ0n) is 18.3. The molecule has 35 heavy (non-hydrogen) atoms. The van der Waals surface area contributed by atoms with Crippen LogP contribution in [0, 0.1) is 0 Å². The second-order valence-electron chi connectivity index (χ2n) is 6.94. The molecule has 0 amide bonds. The van der Waals surface area contributed by atoms with E-state index in [9.17, 15) is 18.0 Å². The molecule has 12 heteroatoms. The van der Waals surface area contributed by atoms with Crippen LogP contribution in [0.25, 0.3) is 0 Å². The number of ketones is 1. The summed E-state index contributed by atoms with van der Waals surface area (Å²) in [5.74, 6) is -0.731. The van der Waals surface area contributed by atoms with Crippen molar-refractivity contribution in [3.8, 4) is 11.5 Å². The molecule has 0 aliphatic carbocycles. The molecule has 0 unspecified atom stereocenters. The van der Waals surface area contributed by atoms with Gasteiger partial charge in [-0.15, -0.1) is 0 Å². The molecule has 0 saturated heterocycles. The molecule has 0 heterocycles. The van der Waals surface area contributed by atoms with Crippen molar-refractivity contribution in [3.05, 3.63) is 80.8 Å². The smallest absolute Gasteiger partial charge is 0.338 e. The average molecular weight is 559 g/mol.